The predicted molar refractivity (Wildman–Crippen MR) is 104 cm³/mol. The topological polar surface area (TPSA) is 15.6 Å². The first-order valence-electron chi connectivity index (χ1n) is 7.83. The summed E-state index contributed by atoms with van der Waals surface area (Å²) in [7, 11) is 0. The molecule has 0 spiro atoms. The average Bonchev–Trinajstić information content (AvgIpc) is 3.24. The maximum atomic E-state index is 14.4. The molecule has 1 aromatic heterocycles. The summed E-state index contributed by atoms with van der Waals surface area (Å²) in [6.07, 6.45) is 0.554. The molecule has 1 atom stereocenters. The SMILES string of the molecule is Fc1ccc(N2N=C(c3cccs3)CC2c2ccc(Cl)cc2Cl)c(F)c1. The Labute approximate surface area is 163 Å². The maximum Gasteiger partial charge on any atom is 0.151 e. The zero-order chi connectivity index (χ0) is 18.3. The van der Waals surface area contributed by atoms with Crippen LogP contribution in [-0.4, -0.2) is 5.71 Å². The molecule has 0 N–H and O–H groups in total. The van der Waals surface area contributed by atoms with Gasteiger partial charge in [-0.15, -0.1) is 11.3 Å². The third kappa shape index (κ3) is 3.22. The smallest absolute Gasteiger partial charge is 0.151 e. The first kappa shape index (κ1) is 17.5. The van der Waals surface area contributed by atoms with Crippen LogP contribution in [0.3, 0.4) is 0 Å². The predicted octanol–water partition coefficient (Wildman–Crippen LogP) is 6.69. The second kappa shape index (κ2) is 6.99. The van der Waals surface area contributed by atoms with Gasteiger partial charge in [0.1, 0.15) is 5.82 Å². The molecule has 0 fully saturated rings. The van der Waals surface area contributed by atoms with E-state index >= 15 is 0 Å². The highest BCUT2D eigenvalue weighted by atomic mass is 35.5. The molecule has 2 nitrogen and oxygen atoms in total. The van der Waals surface area contributed by atoms with Crippen molar-refractivity contribution in [1.82, 2.24) is 0 Å². The Morgan fingerprint density at radius 3 is 2.62 bits per heavy atom. The Morgan fingerprint density at radius 1 is 1.08 bits per heavy atom. The van der Waals surface area contributed by atoms with Gasteiger partial charge in [-0.25, -0.2) is 8.78 Å². The number of benzene rings is 2. The van der Waals surface area contributed by atoms with Crippen LogP contribution in [0.4, 0.5) is 14.5 Å². The third-order valence-corrected chi connectivity index (χ3v) is 5.68. The molecule has 7 heteroatoms. The van der Waals surface area contributed by atoms with Crippen LogP contribution in [0.2, 0.25) is 10.0 Å². The van der Waals surface area contributed by atoms with Crippen molar-refractivity contribution < 1.29 is 8.78 Å². The lowest BCUT2D eigenvalue weighted by Crippen LogP contribution is -2.20. The number of hydrazone groups is 1. The fraction of sp³-hybridized carbons (Fsp3) is 0.105. The summed E-state index contributed by atoms with van der Waals surface area (Å²) in [5, 5.41) is 9.16. The fourth-order valence-corrected chi connectivity index (χ4v) is 4.26. The van der Waals surface area contributed by atoms with E-state index in [0.29, 0.717) is 16.5 Å². The summed E-state index contributed by atoms with van der Waals surface area (Å²) < 4.78 is 27.8. The standard InChI is InChI=1S/C19H12Cl2F2N2S/c20-11-3-5-13(14(21)8-11)18-10-16(19-2-1-7-26-19)24-25(18)17-6-4-12(22)9-15(17)23/h1-9,18H,10H2. The minimum Gasteiger partial charge on any atom is -0.254 e. The van der Waals surface area contributed by atoms with E-state index < -0.39 is 11.6 Å². The first-order chi connectivity index (χ1) is 12.5. The van der Waals surface area contributed by atoms with E-state index in [-0.39, 0.29) is 11.7 Å². The lowest BCUT2D eigenvalue weighted by atomic mass is 10.0. The monoisotopic (exact) mass is 408 g/mol. The quantitative estimate of drug-likeness (QED) is 0.471. The van der Waals surface area contributed by atoms with Gasteiger partial charge in [-0.1, -0.05) is 35.3 Å². The van der Waals surface area contributed by atoms with Crippen molar-refractivity contribution in [3.63, 3.8) is 0 Å². The minimum atomic E-state index is -0.670. The number of hydrogen-bond donors (Lipinski definition) is 0. The van der Waals surface area contributed by atoms with Crippen molar-refractivity contribution in [2.45, 2.75) is 12.5 Å². The van der Waals surface area contributed by atoms with Crippen LogP contribution in [-0.2, 0) is 0 Å². The maximum absolute atomic E-state index is 14.4. The Kier molecular flexibility index (Phi) is 4.69. The highest BCUT2D eigenvalue weighted by Gasteiger charge is 2.33. The van der Waals surface area contributed by atoms with Crippen LogP contribution in [0.5, 0.6) is 0 Å². The van der Waals surface area contributed by atoms with Crippen LogP contribution < -0.4 is 5.01 Å². The summed E-state index contributed by atoms with van der Waals surface area (Å²) in [5.74, 6) is -1.30. The first-order valence-corrected chi connectivity index (χ1v) is 9.47. The van der Waals surface area contributed by atoms with Crippen LogP contribution in [0, 0.1) is 11.6 Å². The van der Waals surface area contributed by atoms with Gasteiger partial charge in [-0.05, 0) is 41.3 Å². The Morgan fingerprint density at radius 2 is 1.92 bits per heavy atom. The molecule has 3 aromatic rings. The molecular formula is C19H12Cl2F2N2S. The van der Waals surface area contributed by atoms with E-state index in [0.717, 1.165) is 22.2 Å². The van der Waals surface area contributed by atoms with Gasteiger partial charge < -0.3 is 0 Å². The molecule has 0 saturated heterocycles. The van der Waals surface area contributed by atoms with Crippen LogP contribution in [0.25, 0.3) is 0 Å². The van der Waals surface area contributed by atoms with Gasteiger partial charge in [0, 0.05) is 22.5 Å². The molecule has 0 amide bonds. The van der Waals surface area contributed by atoms with Crippen molar-refractivity contribution in [3.05, 3.63) is 86.0 Å². The Bertz CT molecular complexity index is 989. The molecule has 0 radical (unpaired) electrons. The molecule has 0 saturated carbocycles. The van der Waals surface area contributed by atoms with Crippen molar-refractivity contribution in [2.75, 3.05) is 5.01 Å². The van der Waals surface area contributed by atoms with E-state index in [2.05, 4.69) is 5.10 Å². The molecule has 1 aliphatic heterocycles. The summed E-state index contributed by atoms with van der Waals surface area (Å²) in [6, 6.07) is 12.3. The lowest BCUT2D eigenvalue weighted by molar-refractivity contribution is 0.573. The van der Waals surface area contributed by atoms with Crippen molar-refractivity contribution in [2.24, 2.45) is 5.10 Å². The van der Waals surface area contributed by atoms with Gasteiger partial charge in [0.2, 0.25) is 0 Å². The zero-order valence-corrected chi connectivity index (χ0v) is 15.6. The van der Waals surface area contributed by atoms with E-state index in [4.69, 9.17) is 23.2 Å². The van der Waals surface area contributed by atoms with Gasteiger partial charge >= 0.3 is 0 Å². The number of hydrogen-bond acceptors (Lipinski definition) is 3. The van der Waals surface area contributed by atoms with E-state index in [1.807, 2.05) is 23.6 Å². The molecule has 2 heterocycles. The molecule has 4 rings (SSSR count). The average molecular weight is 409 g/mol. The number of nitrogens with zero attached hydrogens (tertiary/aromatic N) is 2. The molecular weight excluding hydrogens is 397 g/mol. The molecule has 1 aliphatic rings. The number of rotatable bonds is 3. The summed E-state index contributed by atoms with van der Waals surface area (Å²) in [4.78, 5) is 1.00. The molecule has 0 bridgehead atoms. The van der Waals surface area contributed by atoms with Gasteiger partial charge in [-0.2, -0.15) is 5.10 Å². The number of thiophene rings is 1. The van der Waals surface area contributed by atoms with E-state index in [1.165, 1.54) is 12.1 Å². The van der Waals surface area contributed by atoms with Gasteiger partial charge in [-0.3, -0.25) is 5.01 Å². The molecule has 2 aromatic carbocycles. The molecule has 26 heavy (non-hydrogen) atoms. The Hall–Kier alpha value is -1.95. The third-order valence-electron chi connectivity index (χ3n) is 4.19. The van der Waals surface area contributed by atoms with Crippen molar-refractivity contribution in [3.8, 4) is 0 Å². The number of halogens is 4. The lowest BCUT2D eigenvalue weighted by Gasteiger charge is -2.25. The van der Waals surface area contributed by atoms with E-state index in [9.17, 15) is 8.78 Å². The highest BCUT2D eigenvalue weighted by molar-refractivity contribution is 7.12. The van der Waals surface area contributed by atoms with Gasteiger partial charge in [0.15, 0.2) is 5.82 Å². The van der Waals surface area contributed by atoms with Crippen LogP contribution >= 0.6 is 34.5 Å². The second-order valence-corrected chi connectivity index (χ2v) is 7.64. The largest absolute Gasteiger partial charge is 0.254 e. The normalized spacial score (nSPS) is 16.8. The molecule has 0 aliphatic carbocycles. The van der Waals surface area contributed by atoms with Crippen molar-refractivity contribution in [1.29, 1.82) is 0 Å². The van der Waals surface area contributed by atoms with Crippen molar-refractivity contribution >= 4 is 45.9 Å². The second-order valence-electron chi connectivity index (χ2n) is 5.85. The summed E-state index contributed by atoms with van der Waals surface area (Å²) >= 11 is 14.0. The zero-order valence-electron chi connectivity index (χ0n) is 13.3. The molecule has 132 valence electrons. The van der Waals surface area contributed by atoms with E-state index in [1.54, 1.807) is 28.5 Å². The highest BCUT2D eigenvalue weighted by Crippen LogP contribution is 2.41. The van der Waals surface area contributed by atoms with Crippen LogP contribution in [0.15, 0.2) is 59.0 Å². The number of anilines is 1. The minimum absolute atomic E-state index is 0.203. The summed E-state index contributed by atoms with van der Waals surface area (Å²) in [5.41, 5.74) is 1.82. The molecule has 1 unspecified atom stereocenters. The van der Waals surface area contributed by atoms with Gasteiger partial charge in [0.25, 0.3) is 0 Å². The van der Waals surface area contributed by atoms with Crippen LogP contribution in [0.1, 0.15) is 22.9 Å². The van der Waals surface area contributed by atoms with Gasteiger partial charge in [0.05, 0.1) is 22.3 Å². The Balaban J connectivity index is 1.81. The fourth-order valence-electron chi connectivity index (χ4n) is 3.01. The summed E-state index contributed by atoms with van der Waals surface area (Å²) in [6.45, 7) is 0.